The topological polar surface area (TPSA) is 51.2 Å². The van der Waals surface area contributed by atoms with Crippen molar-refractivity contribution in [1.82, 2.24) is 4.98 Å². The molecule has 1 unspecified atom stereocenters. The van der Waals surface area contributed by atoms with E-state index in [0.29, 0.717) is 11.4 Å². The van der Waals surface area contributed by atoms with E-state index in [-0.39, 0.29) is 11.2 Å². The fraction of sp³-hybridized carbons (Fsp3) is 0.333. The molecule has 2 rings (SSSR count). The molecule has 1 atom stereocenters. The molecule has 0 spiro atoms. The van der Waals surface area contributed by atoms with E-state index in [9.17, 15) is 4.79 Å². The Hall–Kier alpha value is -1.53. The van der Waals surface area contributed by atoms with Crippen LogP contribution in [-0.4, -0.2) is 23.3 Å². The fourth-order valence-electron chi connectivity index (χ4n) is 1.75. The number of thiazole rings is 1. The predicted octanol–water partition coefficient (Wildman–Crippen LogP) is 3.89. The number of amides is 1. The zero-order valence-corrected chi connectivity index (χ0v) is 14.1. The van der Waals surface area contributed by atoms with Crippen molar-refractivity contribution in [2.75, 3.05) is 12.4 Å². The van der Waals surface area contributed by atoms with Gasteiger partial charge in [-0.15, -0.1) is 11.3 Å². The molecule has 4 nitrogen and oxygen atoms in total. The molecule has 1 aromatic heterocycles. The molecule has 1 aromatic carbocycles. The smallest absolute Gasteiger partial charge is 0.237 e. The highest BCUT2D eigenvalue weighted by molar-refractivity contribution is 8.02. The maximum atomic E-state index is 12.3. The monoisotopic (exact) mass is 322 g/mol. The minimum Gasteiger partial charge on any atom is -0.495 e. The van der Waals surface area contributed by atoms with Gasteiger partial charge in [-0.05, 0) is 38.5 Å². The molecule has 21 heavy (non-hydrogen) atoms. The molecule has 0 aliphatic heterocycles. The first-order valence-corrected chi connectivity index (χ1v) is 8.30. The summed E-state index contributed by atoms with van der Waals surface area (Å²) in [6.07, 6.45) is 0. The molecule has 0 saturated heterocycles. The number of ether oxygens (including phenoxy) is 1. The van der Waals surface area contributed by atoms with E-state index in [1.54, 1.807) is 18.4 Å². The van der Waals surface area contributed by atoms with E-state index in [1.807, 2.05) is 44.4 Å². The Labute approximate surface area is 132 Å². The quantitative estimate of drug-likeness (QED) is 0.849. The van der Waals surface area contributed by atoms with Crippen LogP contribution in [0.3, 0.4) is 0 Å². The zero-order valence-electron chi connectivity index (χ0n) is 12.5. The van der Waals surface area contributed by atoms with Crippen LogP contribution in [0.2, 0.25) is 0 Å². The second-order valence-corrected chi connectivity index (χ2v) is 7.15. The molecule has 1 N–H and O–H groups in total. The number of hydrogen-bond acceptors (Lipinski definition) is 5. The first-order valence-electron chi connectivity index (χ1n) is 6.54. The Morgan fingerprint density at radius 2 is 2.19 bits per heavy atom. The lowest BCUT2D eigenvalue weighted by Gasteiger charge is -2.14. The van der Waals surface area contributed by atoms with Gasteiger partial charge in [-0.3, -0.25) is 4.79 Å². The van der Waals surface area contributed by atoms with Crippen LogP contribution in [0.15, 0.2) is 27.9 Å². The molecule has 0 bridgehead atoms. The zero-order chi connectivity index (χ0) is 15.4. The summed E-state index contributed by atoms with van der Waals surface area (Å²) in [4.78, 5) is 16.7. The van der Waals surface area contributed by atoms with Crippen LogP contribution in [-0.2, 0) is 4.79 Å². The molecule has 0 radical (unpaired) electrons. The summed E-state index contributed by atoms with van der Waals surface area (Å²) in [5, 5.41) is 4.68. The lowest BCUT2D eigenvalue weighted by atomic mass is 10.2. The maximum absolute atomic E-state index is 12.3. The summed E-state index contributed by atoms with van der Waals surface area (Å²) >= 11 is 3.02. The molecule has 0 aliphatic carbocycles. The fourth-order valence-corrected chi connectivity index (χ4v) is 3.73. The van der Waals surface area contributed by atoms with Crippen LogP contribution < -0.4 is 10.1 Å². The molecule has 1 heterocycles. The van der Waals surface area contributed by atoms with Crippen LogP contribution in [0.1, 0.15) is 18.2 Å². The highest BCUT2D eigenvalue weighted by Crippen LogP contribution is 2.29. The lowest BCUT2D eigenvalue weighted by molar-refractivity contribution is -0.115. The van der Waals surface area contributed by atoms with Gasteiger partial charge in [-0.1, -0.05) is 17.8 Å². The Morgan fingerprint density at radius 1 is 1.43 bits per heavy atom. The van der Waals surface area contributed by atoms with Gasteiger partial charge in [-0.2, -0.15) is 0 Å². The number of nitrogens with one attached hydrogen (secondary N) is 1. The number of benzene rings is 1. The Bertz CT molecular complexity index is 640. The number of thioether (sulfide) groups is 1. The van der Waals surface area contributed by atoms with Crippen molar-refractivity contribution >= 4 is 34.7 Å². The molecule has 0 aliphatic rings. The number of carbonyl (C=O) groups is 1. The van der Waals surface area contributed by atoms with Gasteiger partial charge in [0.1, 0.15) is 5.75 Å². The van der Waals surface area contributed by atoms with Crippen molar-refractivity contribution in [2.45, 2.75) is 30.4 Å². The largest absolute Gasteiger partial charge is 0.495 e. The van der Waals surface area contributed by atoms with Crippen molar-refractivity contribution < 1.29 is 9.53 Å². The normalized spacial score (nSPS) is 12.0. The molecule has 6 heteroatoms. The Morgan fingerprint density at radius 3 is 2.81 bits per heavy atom. The number of carbonyl (C=O) groups excluding carboxylic acids is 1. The van der Waals surface area contributed by atoms with Crippen molar-refractivity contribution in [3.05, 3.63) is 34.8 Å². The standard InChI is InChI=1S/C15H18N2O2S2/c1-9-5-6-13(19-4)12(7-9)17-14(18)11(3)21-15-16-10(2)8-20-15/h5-8,11H,1-4H3,(H,17,18). The van der Waals surface area contributed by atoms with Crippen LogP contribution in [0.25, 0.3) is 0 Å². The number of hydrogen-bond donors (Lipinski definition) is 1. The van der Waals surface area contributed by atoms with E-state index >= 15 is 0 Å². The molecular weight excluding hydrogens is 304 g/mol. The third-order valence-electron chi connectivity index (χ3n) is 2.86. The van der Waals surface area contributed by atoms with Crippen molar-refractivity contribution in [3.63, 3.8) is 0 Å². The van der Waals surface area contributed by atoms with Crippen LogP contribution in [0.4, 0.5) is 5.69 Å². The van der Waals surface area contributed by atoms with Crippen LogP contribution in [0, 0.1) is 13.8 Å². The van der Waals surface area contributed by atoms with Crippen molar-refractivity contribution in [2.24, 2.45) is 0 Å². The number of methoxy groups -OCH3 is 1. The van der Waals surface area contributed by atoms with E-state index in [1.165, 1.54) is 11.8 Å². The van der Waals surface area contributed by atoms with Gasteiger partial charge >= 0.3 is 0 Å². The molecule has 0 fully saturated rings. The number of rotatable bonds is 5. The van der Waals surface area contributed by atoms with Crippen LogP contribution >= 0.6 is 23.1 Å². The summed E-state index contributed by atoms with van der Waals surface area (Å²) in [5.41, 5.74) is 2.75. The molecular formula is C15H18N2O2S2. The summed E-state index contributed by atoms with van der Waals surface area (Å²) in [5.74, 6) is 0.605. The van der Waals surface area contributed by atoms with Gasteiger partial charge in [-0.25, -0.2) is 4.98 Å². The molecule has 0 saturated carbocycles. The van der Waals surface area contributed by atoms with Gasteiger partial charge in [0.15, 0.2) is 4.34 Å². The Balaban J connectivity index is 2.05. The number of nitrogens with zero attached hydrogens (tertiary/aromatic N) is 1. The average Bonchev–Trinajstić information content (AvgIpc) is 2.84. The van der Waals surface area contributed by atoms with Gasteiger partial charge in [0.25, 0.3) is 0 Å². The first kappa shape index (κ1) is 15.9. The second-order valence-electron chi connectivity index (χ2n) is 4.71. The van der Waals surface area contributed by atoms with Gasteiger partial charge in [0.05, 0.1) is 18.0 Å². The number of aromatic nitrogens is 1. The maximum Gasteiger partial charge on any atom is 0.237 e. The first-order chi connectivity index (χ1) is 9.99. The molecule has 112 valence electrons. The van der Waals surface area contributed by atoms with E-state index < -0.39 is 0 Å². The molecule has 2 aromatic rings. The van der Waals surface area contributed by atoms with Crippen molar-refractivity contribution in [3.8, 4) is 5.75 Å². The minimum absolute atomic E-state index is 0.0586. The summed E-state index contributed by atoms with van der Waals surface area (Å²) in [6, 6.07) is 5.71. The summed E-state index contributed by atoms with van der Waals surface area (Å²) in [7, 11) is 1.59. The third kappa shape index (κ3) is 4.22. The van der Waals surface area contributed by atoms with Gasteiger partial charge in [0, 0.05) is 11.1 Å². The third-order valence-corrected chi connectivity index (χ3v) is 5.05. The highest BCUT2D eigenvalue weighted by Gasteiger charge is 2.17. The van der Waals surface area contributed by atoms with E-state index in [2.05, 4.69) is 10.3 Å². The van der Waals surface area contributed by atoms with E-state index in [4.69, 9.17) is 4.74 Å². The number of aryl methyl sites for hydroxylation is 2. The minimum atomic E-state index is -0.222. The van der Waals surface area contributed by atoms with Crippen molar-refractivity contribution in [1.29, 1.82) is 0 Å². The highest BCUT2D eigenvalue weighted by atomic mass is 32.2. The van der Waals surface area contributed by atoms with Crippen LogP contribution in [0.5, 0.6) is 5.75 Å². The Kier molecular flexibility index (Phi) is 5.25. The summed E-state index contributed by atoms with van der Waals surface area (Å²) < 4.78 is 6.18. The van der Waals surface area contributed by atoms with Gasteiger partial charge < -0.3 is 10.1 Å². The number of anilines is 1. The lowest BCUT2D eigenvalue weighted by Crippen LogP contribution is -2.22. The van der Waals surface area contributed by atoms with Gasteiger partial charge in [0.2, 0.25) is 5.91 Å². The molecule has 1 amide bonds. The average molecular weight is 322 g/mol. The SMILES string of the molecule is COc1ccc(C)cc1NC(=O)C(C)Sc1nc(C)cs1. The summed E-state index contributed by atoms with van der Waals surface area (Å²) in [6.45, 7) is 5.80. The second kappa shape index (κ2) is 6.95. The van der Waals surface area contributed by atoms with E-state index in [0.717, 1.165) is 15.6 Å². The predicted molar refractivity (Wildman–Crippen MR) is 88.5 cm³/mol.